The van der Waals surface area contributed by atoms with Crippen LogP contribution >= 0.6 is 23.2 Å². The van der Waals surface area contributed by atoms with Crippen molar-refractivity contribution in [3.63, 3.8) is 0 Å². The fourth-order valence-electron chi connectivity index (χ4n) is 4.83. The smallest absolute Gasteiger partial charge is 0.355 e. The molecule has 4 aromatic carbocycles. The van der Waals surface area contributed by atoms with Gasteiger partial charge in [0.15, 0.2) is 0 Å². The molecule has 1 atom stereocenters. The number of alkyl halides is 3. The second-order valence-corrected chi connectivity index (χ2v) is 10.3. The number of hydrogen-bond donors (Lipinski definition) is 1. The van der Waals surface area contributed by atoms with Crippen LogP contribution in [0.2, 0.25) is 10.0 Å². The average molecular weight is 577 g/mol. The molecule has 0 spiro atoms. The number of benzene rings is 4. The topological polar surface area (TPSA) is 40.5 Å². The highest BCUT2D eigenvalue weighted by molar-refractivity contribution is 6.31. The highest BCUT2D eigenvalue weighted by Crippen LogP contribution is 2.39. The van der Waals surface area contributed by atoms with Gasteiger partial charge in [0.2, 0.25) is 0 Å². The number of nitrogens with one attached hydrogen (secondary N) is 1. The van der Waals surface area contributed by atoms with E-state index in [2.05, 4.69) is 10.3 Å². The number of aromatic nitrogens is 1. The first-order valence-corrected chi connectivity index (χ1v) is 13.2. The van der Waals surface area contributed by atoms with Crippen LogP contribution in [-0.4, -0.2) is 10.7 Å². The summed E-state index contributed by atoms with van der Waals surface area (Å²) >= 11 is 12.3. The fourth-order valence-corrected chi connectivity index (χ4v) is 5.08. The van der Waals surface area contributed by atoms with Crippen molar-refractivity contribution < 1.29 is 13.2 Å². The molecule has 5 aromatic rings. The van der Waals surface area contributed by atoms with Crippen molar-refractivity contribution in [1.29, 1.82) is 0 Å². The minimum atomic E-state index is -4.43. The zero-order chi connectivity index (χ0) is 27.9. The van der Waals surface area contributed by atoms with E-state index in [1.807, 2.05) is 77.8 Å². The molecule has 6 rings (SSSR count). The van der Waals surface area contributed by atoms with Gasteiger partial charge in [-0.25, -0.2) is 0 Å². The molecule has 4 nitrogen and oxygen atoms in total. The Morgan fingerprint density at radius 3 is 2.27 bits per heavy atom. The van der Waals surface area contributed by atoms with Gasteiger partial charge in [-0.15, -0.1) is 0 Å². The summed E-state index contributed by atoms with van der Waals surface area (Å²) < 4.78 is 39.6. The zero-order valence-electron chi connectivity index (χ0n) is 20.8. The number of rotatable bonds is 5. The normalized spacial score (nSPS) is 15.4. The second kappa shape index (κ2) is 10.5. The van der Waals surface area contributed by atoms with E-state index in [0.29, 0.717) is 27.5 Å². The molecule has 1 unspecified atom stereocenters. The number of hydrazone groups is 1. The molecular formula is C31H21Cl2F3N4. The van der Waals surface area contributed by atoms with Crippen LogP contribution in [0, 0.1) is 0 Å². The molecule has 0 bridgehead atoms. The summed E-state index contributed by atoms with van der Waals surface area (Å²) in [5.74, 6) is 0. The van der Waals surface area contributed by atoms with Crippen LogP contribution in [0.15, 0.2) is 108 Å². The molecule has 0 amide bonds. The van der Waals surface area contributed by atoms with Crippen LogP contribution in [0.4, 0.5) is 30.2 Å². The molecule has 1 N–H and O–H groups in total. The lowest BCUT2D eigenvalue weighted by Crippen LogP contribution is -2.18. The highest BCUT2D eigenvalue weighted by Gasteiger charge is 2.31. The summed E-state index contributed by atoms with van der Waals surface area (Å²) in [7, 11) is 0. The lowest BCUT2D eigenvalue weighted by atomic mass is 9.97. The molecule has 2 heterocycles. The predicted octanol–water partition coefficient (Wildman–Crippen LogP) is 9.66. The molecule has 1 aliphatic heterocycles. The predicted molar refractivity (Wildman–Crippen MR) is 156 cm³/mol. The van der Waals surface area contributed by atoms with Gasteiger partial charge in [0.1, 0.15) is 0 Å². The van der Waals surface area contributed by atoms with E-state index in [1.165, 1.54) is 12.3 Å². The summed E-state index contributed by atoms with van der Waals surface area (Å²) in [4.78, 5) is 4.15. The fraction of sp³-hybridized carbons (Fsp3) is 0.0968. The number of anilines is 3. The van der Waals surface area contributed by atoms with Crippen molar-refractivity contribution in [3.8, 4) is 0 Å². The van der Waals surface area contributed by atoms with E-state index in [-0.39, 0.29) is 11.6 Å². The number of pyridine rings is 1. The van der Waals surface area contributed by atoms with Crippen molar-refractivity contribution in [3.05, 3.63) is 130 Å². The van der Waals surface area contributed by atoms with Gasteiger partial charge in [-0.2, -0.15) is 18.3 Å². The van der Waals surface area contributed by atoms with Crippen LogP contribution in [-0.2, 0) is 6.18 Å². The maximum Gasteiger partial charge on any atom is 0.416 e. The molecule has 0 saturated heterocycles. The Hall–Kier alpha value is -4.07. The maximum absolute atomic E-state index is 13.2. The largest absolute Gasteiger partial charge is 0.416 e. The third kappa shape index (κ3) is 5.35. The number of nitrogens with zero attached hydrogens (tertiary/aromatic N) is 3. The molecule has 0 fully saturated rings. The summed E-state index contributed by atoms with van der Waals surface area (Å²) in [6.07, 6.45) is -2.27. The van der Waals surface area contributed by atoms with Gasteiger partial charge in [-0.3, -0.25) is 9.99 Å². The Morgan fingerprint density at radius 1 is 0.825 bits per heavy atom. The van der Waals surface area contributed by atoms with Gasteiger partial charge in [0.25, 0.3) is 0 Å². The number of halogens is 5. The summed E-state index contributed by atoms with van der Waals surface area (Å²) in [5, 5.41) is 12.2. The van der Waals surface area contributed by atoms with Gasteiger partial charge in [0, 0.05) is 39.4 Å². The lowest BCUT2D eigenvalue weighted by Gasteiger charge is -2.24. The van der Waals surface area contributed by atoms with Crippen molar-refractivity contribution in [1.82, 2.24) is 4.98 Å². The Balaban J connectivity index is 1.33. The first-order valence-electron chi connectivity index (χ1n) is 12.5. The third-order valence-electron chi connectivity index (χ3n) is 6.80. The van der Waals surface area contributed by atoms with E-state index in [0.717, 1.165) is 40.3 Å². The van der Waals surface area contributed by atoms with Crippen LogP contribution in [0.25, 0.3) is 10.9 Å². The van der Waals surface area contributed by atoms with Gasteiger partial charge >= 0.3 is 6.18 Å². The quantitative estimate of drug-likeness (QED) is 0.226. The molecule has 200 valence electrons. The Kier molecular flexibility index (Phi) is 6.86. The molecule has 1 aliphatic rings. The average Bonchev–Trinajstić information content (AvgIpc) is 3.39. The molecular weight excluding hydrogens is 556 g/mol. The van der Waals surface area contributed by atoms with Crippen molar-refractivity contribution in [2.75, 3.05) is 10.3 Å². The van der Waals surface area contributed by atoms with Crippen LogP contribution < -0.4 is 10.3 Å². The van der Waals surface area contributed by atoms with Crippen molar-refractivity contribution >= 4 is 56.9 Å². The molecule has 0 radical (unpaired) electrons. The lowest BCUT2D eigenvalue weighted by molar-refractivity contribution is -0.137. The Labute approximate surface area is 238 Å². The SMILES string of the molecule is FC(F)(F)c1ccc2c(Nc3cccc(C4CC(c5ccc(Cl)cc5)=NN4c4ccc(Cl)cc4)c3)ccnc2c1. The monoisotopic (exact) mass is 576 g/mol. The number of fused-ring (bicyclic) bond motifs is 1. The van der Waals surface area contributed by atoms with Gasteiger partial charge < -0.3 is 5.32 Å². The second-order valence-electron chi connectivity index (χ2n) is 9.43. The summed E-state index contributed by atoms with van der Waals surface area (Å²) in [6.45, 7) is 0. The van der Waals surface area contributed by atoms with E-state index in [9.17, 15) is 13.2 Å². The first kappa shape index (κ1) is 26.2. The van der Waals surface area contributed by atoms with Crippen molar-refractivity contribution in [2.24, 2.45) is 5.10 Å². The first-order chi connectivity index (χ1) is 19.2. The highest BCUT2D eigenvalue weighted by atomic mass is 35.5. The maximum atomic E-state index is 13.2. The van der Waals surface area contributed by atoms with Gasteiger partial charge in [-0.1, -0.05) is 53.5 Å². The van der Waals surface area contributed by atoms with Gasteiger partial charge in [0.05, 0.1) is 28.5 Å². The standard InChI is InChI=1S/C31H21Cl2F3N4/c32-22-7-4-19(5-8-22)28-18-30(40(39-28)25-11-9-23(33)10-12-25)20-2-1-3-24(16-20)38-27-14-15-37-29-17-21(31(34,35)36)6-13-26(27)29/h1-17,30H,18H2,(H,37,38). The van der Waals surface area contributed by atoms with E-state index in [4.69, 9.17) is 28.3 Å². The zero-order valence-corrected chi connectivity index (χ0v) is 22.3. The molecule has 0 saturated carbocycles. The van der Waals surface area contributed by atoms with E-state index < -0.39 is 11.7 Å². The van der Waals surface area contributed by atoms with Crippen LogP contribution in [0.1, 0.15) is 29.2 Å². The molecule has 40 heavy (non-hydrogen) atoms. The molecule has 1 aromatic heterocycles. The Morgan fingerprint density at radius 2 is 1.55 bits per heavy atom. The van der Waals surface area contributed by atoms with Crippen LogP contribution in [0.5, 0.6) is 0 Å². The molecule has 0 aliphatic carbocycles. The summed E-state index contributed by atoms with van der Waals surface area (Å²) in [6, 6.07) is 28.3. The minimum Gasteiger partial charge on any atom is -0.355 e. The molecule has 9 heteroatoms. The number of hydrogen-bond acceptors (Lipinski definition) is 4. The van der Waals surface area contributed by atoms with Crippen molar-refractivity contribution in [2.45, 2.75) is 18.6 Å². The van der Waals surface area contributed by atoms with E-state index >= 15 is 0 Å². The Bertz CT molecular complexity index is 1720. The van der Waals surface area contributed by atoms with E-state index in [1.54, 1.807) is 6.07 Å². The summed E-state index contributed by atoms with van der Waals surface area (Å²) in [5.41, 5.74) is 4.82. The minimum absolute atomic E-state index is 0.0999. The van der Waals surface area contributed by atoms with Crippen LogP contribution in [0.3, 0.4) is 0 Å². The van der Waals surface area contributed by atoms with Gasteiger partial charge in [-0.05, 0) is 77.9 Å². The third-order valence-corrected chi connectivity index (χ3v) is 7.30.